The molecule has 1 aromatic heterocycles. The molecule has 2 heterocycles. The number of thiazole rings is 1. The summed E-state index contributed by atoms with van der Waals surface area (Å²) in [4.78, 5) is 33.7. The van der Waals surface area contributed by atoms with Crippen molar-refractivity contribution < 1.29 is 9.59 Å². The van der Waals surface area contributed by atoms with Crippen molar-refractivity contribution in [2.75, 3.05) is 5.32 Å². The van der Waals surface area contributed by atoms with E-state index in [1.165, 1.54) is 11.3 Å². The molecular weight excluding hydrogens is 406 g/mol. The maximum Gasteiger partial charge on any atom is 0.254 e. The molecular formula is C25H25N3O2S. The Balaban J connectivity index is 1.63. The number of rotatable bonds is 4. The molecule has 1 atom stereocenters. The topological polar surface area (TPSA) is 62.3 Å². The highest BCUT2D eigenvalue weighted by Gasteiger charge is 2.54. The number of aromatic nitrogens is 1. The van der Waals surface area contributed by atoms with Gasteiger partial charge in [-0.05, 0) is 30.0 Å². The van der Waals surface area contributed by atoms with Crippen LogP contribution in [0.25, 0.3) is 0 Å². The molecule has 1 aliphatic carbocycles. The summed E-state index contributed by atoms with van der Waals surface area (Å²) in [5.41, 5.74) is 2.03. The van der Waals surface area contributed by atoms with Crippen LogP contribution in [0.2, 0.25) is 0 Å². The lowest BCUT2D eigenvalue weighted by atomic mass is 9.65. The number of hydrogen-bond donors (Lipinski definition) is 1. The van der Waals surface area contributed by atoms with Gasteiger partial charge in [0, 0.05) is 23.7 Å². The minimum absolute atomic E-state index is 0.0275. The van der Waals surface area contributed by atoms with Crippen molar-refractivity contribution in [3.8, 4) is 0 Å². The van der Waals surface area contributed by atoms with E-state index in [9.17, 15) is 9.59 Å². The molecule has 158 valence electrons. The van der Waals surface area contributed by atoms with E-state index in [1.807, 2.05) is 52.7 Å². The van der Waals surface area contributed by atoms with Gasteiger partial charge in [-0.25, -0.2) is 4.98 Å². The molecule has 5 rings (SSSR count). The molecule has 1 fully saturated rings. The number of hydrogen-bond acceptors (Lipinski definition) is 4. The van der Waals surface area contributed by atoms with Crippen molar-refractivity contribution in [2.45, 2.75) is 50.1 Å². The number of amides is 2. The van der Waals surface area contributed by atoms with E-state index in [1.54, 1.807) is 6.20 Å². The zero-order chi connectivity index (χ0) is 21.3. The fourth-order valence-corrected chi connectivity index (χ4v) is 5.83. The van der Waals surface area contributed by atoms with Crippen molar-refractivity contribution in [2.24, 2.45) is 0 Å². The van der Waals surface area contributed by atoms with Gasteiger partial charge in [0.2, 0.25) is 5.91 Å². The predicted octanol–water partition coefficient (Wildman–Crippen LogP) is 5.22. The highest BCUT2D eigenvalue weighted by Crippen LogP contribution is 2.50. The lowest BCUT2D eigenvalue weighted by Crippen LogP contribution is -2.61. The van der Waals surface area contributed by atoms with Crippen LogP contribution in [0, 0.1) is 0 Å². The molecule has 3 aromatic rings. The third-order valence-corrected chi connectivity index (χ3v) is 7.34. The molecule has 2 aliphatic rings. The molecule has 0 unspecified atom stereocenters. The van der Waals surface area contributed by atoms with Gasteiger partial charge in [-0.15, -0.1) is 11.3 Å². The monoisotopic (exact) mass is 431 g/mol. The second-order valence-electron chi connectivity index (χ2n) is 8.39. The number of carbonyl (C=O) groups excluding carboxylic acids is 2. The summed E-state index contributed by atoms with van der Waals surface area (Å²) in [5.74, 6) is -0.469. The van der Waals surface area contributed by atoms with E-state index >= 15 is 0 Å². The van der Waals surface area contributed by atoms with E-state index in [0.29, 0.717) is 17.2 Å². The summed E-state index contributed by atoms with van der Waals surface area (Å²) < 4.78 is 0. The fraction of sp³-hybridized carbons (Fsp3) is 0.320. The highest BCUT2D eigenvalue weighted by molar-refractivity contribution is 7.13. The fourth-order valence-electron chi connectivity index (χ4n) is 5.30. The molecule has 1 saturated carbocycles. The van der Waals surface area contributed by atoms with Gasteiger partial charge in [0.05, 0.1) is 11.5 Å². The Hall–Kier alpha value is -2.99. The first-order valence-corrected chi connectivity index (χ1v) is 11.7. The minimum Gasteiger partial charge on any atom is -0.327 e. The van der Waals surface area contributed by atoms with Crippen molar-refractivity contribution in [1.82, 2.24) is 9.88 Å². The normalized spacial score (nSPS) is 19.8. The molecule has 1 aliphatic heterocycles. The van der Waals surface area contributed by atoms with Crippen LogP contribution < -0.4 is 5.32 Å². The van der Waals surface area contributed by atoms with E-state index in [4.69, 9.17) is 0 Å². The van der Waals surface area contributed by atoms with Crippen LogP contribution in [0.4, 0.5) is 5.13 Å². The van der Waals surface area contributed by atoms with Gasteiger partial charge in [-0.1, -0.05) is 67.8 Å². The standard InChI is InChI=1S/C25H25N3O2S/c29-22(27-24-26-15-16-31-24)21-19-11-5-6-12-20(19)23(30)28(17-18-9-3-1-4-10-18)25(21)13-7-2-8-14-25/h1,3-6,9-12,15-16,21H,2,7-8,13-14,17H2,(H,26,27,29)/t21-/m0/s1. The Morgan fingerprint density at radius 2 is 1.81 bits per heavy atom. The van der Waals surface area contributed by atoms with Crippen molar-refractivity contribution in [3.05, 3.63) is 82.9 Å². The highest BCUT2D eigenvalue weighted by atomic mass is 32.1. The van der Waals surface area contributed by atoms with Crippen LogP contribution in [0.5, 0.6) is 0 Å². The average Bonchev–Trinajstić information content (AvgIpc) is 3.31. The first kappa shape index (κ1) is 19.9. The molecule has 2 amide bonds. The lowest BCUT2D eigenvalue weighted by molar-refractivity contribution is -0.122. The summed E-state index contributed by atoms with van der Waals surface area (Å²) in [5, 5.41) is 5.48. The maximum absolute atomic E-state index is 13.8. The summed E-state index contributed by atoms with van der Waals surface area (Å²) in [6, 6.07) is 17.7. The van der Waals surface area contributed by atoms with E-state index < -0.39 is 11.5 Å². The van der Waals surface area contributed by atoms with Gasteiger partial charge in [0.15, 0.2) is 5.13 Å². The zero-order valence-corrected chi connectivity index (χ0v) is 18.1. The number of carbonyl (C=O) groups is 2. The average molecular weight is 432 g/mol. The van der Waals surface area contributed by atoms with E-state index in [0.717, 1.165) is 43.2 Å². The van der Waals surface area contributed by atoms with Crippen molar-refractivity contribution in [3.63, 3.8) is 0 Å². The molecule has 6 heteroatoms. The maximum atomic E-state index is 13.8. The van der Waals surface area contributed by atoms with Crippen LogP contribution in [0.15, 0.2) is 66.2 Å². The zero-order valence-electron chi connectivity index (χ0n) is 17.3. The number of nitrogens with zero attached hydrogens (tertiary/aromatic N) is 2. The Kier molecular flexibility index (Phi) is 5.32. The number of nitrogens with one attached hydrogen (secondary N) is 1. The van der Waals surface area contributed by atoms with Gasteiger partial charge in [0.1, 0.15) is 0 Å². The molecule has 1 N–H and O–H groups in total. The predicted molar refractivity (Wildman–Crippen MR) is 122 cm³/mol. The van der Waals surface area contributed by atoms with Crippen molar-refractivity contribution in [1.29, 1.82) is 0 Å². The largest absolute Gasteiger partial charge is 0.327 e. The first-order chi connectivity index (χ1) is 15.2. The van der Waals surface area contributed by atoms with Crippen LogP contribution in [0.3, 0.4) is 0 Å². The van der Waals surface area contributed by atoms with Gasteiger partial charge in [0.25, 0.3) is 5.91 Å². The number of fused-ring (bicyclic) bond motifs is 1. The summed E-state index contributed by atoms with van der Waals surface area (Å²) in [6.45, 7) is 0.509. The molecule has 2 aromatic carbocycles. The van der Waals surface area contributed by atoms with Crippen LogP contribution in [-0.4, -0.2) is 27.2 Å². The second-order valence-corrected chi connectivity index (χ2v) is 9.28. The third-order valence-electron chi connectivity index (χ3n) is 6.65. The number of anilines is 1. The molecule has 1 spiro atoms. The van der Waals surface area contributed by atoms with E-state index in [2.05, 4.69) is 22.4 Å². The third kappa shape index (κ3) is 3.55. The molecule has 0 saturated heterocycles. The van der Waals surface area contributed by atoms with Gasteiger partial charge in [-0.3, -0.25) is 9.59 Å². The van der Waals surface area contributed by atoms with E-state index in [-0.39, 0.29) is 11.8 Å². The van der Waals surface area contributed by atoms with Crippen LogP contribution in [-0.2, 0) is 11.3 Å². The Bertz CT molecular complexity index is 1080. The summed E-state index contributed by atoms with van der Waals surface area (Å²) in [6.07, 6.45) is 6.52. The molecule has 5 nitrogen and oxygen atoms in total. The molecule has 0 bridgehead atoms. The Labute approximate surface area is 186 Å². The van der Waals surface area contributed by atoms with Crippen LogP contribution >= 0.6 is 11.3 Å². The first-order valence-electron chi connectivity index (χ1n) is 10.8. The second kappa shape index (κ2) is 8.27. The molecule has 0 radical (unpaired) electrons. The Morgan fingerprint density at radius 1 is 1.06 bits per heavy atom. The van der Waals surface area contributed by atoms with Gasteiger partial charge < -0.3 is 10.2 Å². The van der Waals surface area contributed by atoms with Crippen LogP contribution in [0.1, 0.15) is 59.5 Å². The lowest BCUT2D eigenvalue weighted by Gasteiger charge is -2.53. The quantitative estimate of drug-likeness (QED) is 0.616. The van der Waals surface area contributed by atoms with Gasteiger partial charge in [-0.2, -0.15) is 0 Å². The SMILES string of the molecule is O=C(Nc1nccs1)[C@@H]1c2ccccc2C(=O)N(Cc2ccccc2)C12CCCCC2. The molecule has 31 heavy (non-hydrogen) atoms. The van der Waals surface area contributed by atoms with Crippen molar-refractivity contribution >= 4 is 28.3 Å². The smallest absolute Gasteiger partial charge is 0.254 e. The minimum atomic E-state index is -0.527. The van der Waals surface area contributed by atoms with Gasteiger partial charge >= 0.3 is 0 Å². The summed E-state index contributed by atoms with van der Waals surface area (Å²) in [7, 11) is 0. The Morgan fingerprint density at radius 3 is 2.55 bits per heavy atom. The number of benzene rings is 2. The summed E-state index contributed by atoms with van der Waals surface area (Å²) >= 11 is 1.41.